The number of nitriles is 1. The molecule has 0 atom stereocenters. The van der Waals surface area contributed by atoms with Gasteiger partial charge in [-0.2, -0.15) is 5.26 Å². The van der Waals surface area contributed by atoms with Gasteiger partial charge < -0.3 is 10.3 Å². The topological polar surface area (TPSA) is 80.6 Å². The van der Waals surface area contributed by atoms with Gasteiger partial charge in [0.1, 0.15) is 6.07 Å². The Hall–Kier alpha value is -3.95. The third-order valence-electron chi connectivity index (χ3n) is 6.53. The van der Waals surface area contributed by atoms with Gasteiger partial charge in [0.25, 0.3) is 0 Å². The van der Waals surface area contributed by atoms with Crippen molar-refractivity contribution < 1.29 is 0 Å². The van der Waals surface area contributed by atoms with Crippen LogP contribution in [0.5, 0.6) is 0 Å². The number of likely N-dealkylation sites (tertiary alicyclic amines) is 1. The summed E-state index contributed by atoms with van der Waals surface area (Å²) in [7, 11) is 0. The number of benzene rings is 1. The van der Waals surface area contributed by atoms with Crippen LogP contribution < -0.4 is 5.32 Å². The summed E-state index contributed by atoms with van der Waals surface area (Å²) in [6.45, 7) is 7.24. The summed E-state index contributed by atoms with van der Waals surface area (Å²) < 4.78 is 0. The molecule has 1 aromatic carbocycles. The second-order valence-electron chi connectivity index (χ2n) is 8.83. The molecule has 1 aliphatic rings. The summed E-state index contributed by atoms with van der Waals surface area (Å²) in [5.41, 5.74) is 8.18. The van der Waals surface area contributed by atoms with E-state index in [4.69, 9.17) is 4.98 Å². The molecule has 1 fully saturated rings. The molecule has 6 heteroatoms. The zero-order chi connectivity index (χ0) is 23.5. The Labute approximate surface area is 200 Å². The zero-order valence-electron chi connectivity index (χ0n) is 19.6. The highest BCUT2D eigenvalue weighted by molar-refractivity contribution is 5.90. The first-order chi connectivity index (χ1) is 16.6. The van der Waals surface area contributed by atoms with Crippen molar-refractivity contribution in [1.82, 2.24) is 19.9 Å². The SMILES string of the molecule is Cc1ncc(C#N)c(Nc2ccc3[nH]ccc3c2C)c1C=Cc1cccc(CN2CCCC2)n1. The van der Waals surface area contributed by atoms with Gasteiger partial charge in [0.05, 0.1) is 22.6 Å². The Morgan fingerprint density at radius 3 is 2.79 bits per heavy atom. The molecule has 0 spiro atoms. The third-order valence-corrected chi connectivity index (χ3v) is 6.53. The quantitative estimate of drug-likeness (QED) is 0.381. The fourth-order valence-corrected chi connectivity index (χ4v) is 4.62. The first-order valence-corrected chi connectivity index (χ1v) is 11.7. The normalized spacial score (nSPS) is 14.1. The minimum Gasteiger partial charge on any atom is -0.361 e. The number of hydrogen-bond acceptors (Lipinski definition) is 5. The summed E-state index contributed by atoms with van der Waals surface area (Å²) in [6, 6.07) is 14.6. The number of nitrogens with zero attached hydrogens (tertiary/aromatic N) is 4. The van der Waals surface area contributed by atoms with E-state index in [1.807, 2.05) is 37.4 Å². The van der Waals surface area contributed by atoms with Crippen LogP contribution >= 0.6 is 0 Å². The van der Waals surface area contributed by atoms with Gasteiger partial charge in [0, 0.05) is 46.8 Å². The van der Waals surface area contributed by atoms with Crippen LogP contribution in [0.25, 0.3) is 23.1 Å². The lowest BCUT2D eigenvalue weighted by Gasteiger charge is -2.16. The fraction of sp³-hybridized carbons (Fsp3) is 0.250. The van der Waals surface area contributed by atoms with E-state index in [-0.39, 0.29) is 0 Å². The number of rotatable bonds is 6. The van der Waals surface area contributed by atoms with Crippen molar-refractivity contribution in [3.05, 3.63) is 82.6 Å². The smallest absolute Gasteiger partial charge is 0.103 e. The average molecular weight is 449 g/mol. The molecule has 6 nitrogen and oxygen atoms in total. The molecule has 0 amide bonds. The molecular weight excluding hydrogens is 420 g/mol. The number of anilines is 2. The van der Waals surface area contributed by atoms with Gasteiger partial charge in [0.15, 0.2) is 0 Å². The van der Waals surface area contributed by atoms with Gasteiger partial charge >= 0.3 is 0 Å². The Bertz CT molecular complexity index is 1400. The minimum atomic E-state index is 0.509. The van der Waals surface area contributed by atoms with Crippen molar-refractivity contribution in [3.8, 4) is 6.07 Å². The Balaban J connectivity index is 1.47. The fourth-order valence-electron chi connectivity index (χ4n) is 4.62. The maximum absolute atomic E-state index is 9.80. The number of aromatic amines is 1. The van der Waals surface area contributed by atoms with Crippen molar-refractivity contribution >= 4 is 34.4 Å². The van der Waals surface area contributed by atoms with E-state index in [9.17, 15) is 5.26 Å². The lowest BCUT2D eigenvalue weighted by atomic mass is 10.0. The summed E-state index contributed by atoms with van der Waals surface area (Å²) in [5, 5.41) is 14.5. The largest absolute Gasteiger partial charge is 0.361 e. The number of aryl methyl sites for hydroxylation is 2. The average Bonchev–Trinajstić information content (AvgIpc) is 3.53. The molecule has 0 aliphatic carbocycles. The molecule has 4 heterocycles. The third kappa shape index (κ3) is 4.43. The van der Waals surface area contributed by atoms with Gasteiger partial charge in [-0.05, 0) is 87.8 Å². The Morgan fingerprint density at radius 2 is 1.97 bits per heavy atom. The van der Waals surface area contributed by atoms with Crippen molar-refractivity contribution in [2.75, 3.05) is 18.4 Å². The lowest BCUT2D eigenvalue weighted by molar-refractivity contribution is 0.327. The number of H-pyrrole nitrogens is 1. The molecule has 0 unspecified atom stereocenters. The summed E-state index contributed by atoms with van der Waals surface area (Å²) in [5.74, 6) is 0. The molecule has 0 saturated carbocycles. The Morgan fingerprint density at radius 1 is 1.12 bits per heavy atom. The molecule has 3 aromatic heterocycles. The molecular formula is C28H28N6. The first kappa shape index (κ1) is 21.9. The second kappa shape index (κ2) is 9.50. The number of aromatic nitrogens is 3. The molecule has 5 rings (SSSR count). The maximum Gasteiger partial charge on any atom is 0.103 e. The number of hydrogen-bond donors (Lipinski definition) is 2. The van der Waals surface area contributed by atoms with Gasteiger partial charge in [-0.3, -0.25) is 14.9 Å². The number of fused-ring (bicyclic) bond motifs is 1. The lowest BCUT2D eigenvalue weighted by Crippen LogP contribution is -2.19. The highest BCUT2D eigenvalue weighted by Crippen LogP contribution is 2.32. The van der Waals surface area contributed by atoms with Crippen LogP contribution in [-0.2, 0) is 6.54 Å². The predicted molar refractivity (Wildman–Crippen MR) is 138 cm³/mol. The van der Waals surface area contributed by atoms with Crippen LogP contribution in [0, 0.1) is 25.2 Å². The van der Waals surface area contributed by atoms with Gasteiger partial charge in [-0.25, -0.2) is 0 Å². The van der Waals surface area contributed by atoms with Crippen LogP contribution in [0.4, 0.5) is 11.4 Å². The zero-order valence-corrected chi connectivity index (χ0v) is 19.6. The van der Waals surface area contributed by atoms with Crippen LogP contribution in [0.2, 0.25) is 0 Å². The highest BCUT2D eigenvalue weighted by Gasteiger charge is 2.14. The van der Waals surface area contributed by atoms with E-state index < -0.39 is 0 Å². The van der Waals surface area contributed by atoms with E-state index in [0.29, 0.717) is 5.56 Å². The molecule has 2 N–H and O–H groups in total. The Kier molecular flexibility index (Phi) is 6.11. The van der Waals surface area contributed by atoms with Crippen LogP contribution in [0.15, 0.2) is 48.8 Å². The molecule has 1 aliphatic heterocycles. The van der Waals surface area contributed by atoms with E-state index in [0.717, 1.165) is 70.1 Å². The summed E-state index contributed by atoms with van der Waals surface area (Å²) >= 11 is 0. The molecule has 170 valence electrons. The van der Waals surface area contributed by atoms with Gasteiger partial charge in [-0.1, -0.05) is 6.07 Å². The van der Waals surface area contributed by atoms with Crippen LogP contribution in [0.1, 0.15) is 46.6 Å². The maximum atomic E-state index is 9.80. The standard InChI is InChI=1S/C28H28N6/c1-19-24-12-13-30-27(24)11-10-26(19)33-28-21(16-29)17-31-20(2)25(28)9-8-22-6-5-7-23(32-22)18-34-14-3-4-15-34/h5-13,17,30H,3-4,14-15,18H2,1-2H3,(H,31,33). The van der Waals surface area contributed by atoms with Crippen LogP contribution in [-0.4, -0.2) is 32.9 Å². The van der Waals surface area contributed by atoms with Crippen molar-refractivity contribution in [3.63, 3.8) is 0 Å². The van der Waals surface area contributed by atoms with Crippen molar-refractivity contribution in [1.29, 1.82) is 5.26 Å². The number of pyridine rings is 2. The van der Waals surface area contributed by atoms with Crippen molar-refractivity contribution in [2.45, 2.75) is 33.2 Å². The monoisotopic (exact) mass is 448 g/mol. The first-order valence-electron chi connectivity index (χ1n) is 11.7. The molecule has 0 bridgehead atoms. The minimum absolute atomic E-state index is 0.509. The van der Waals surface area contributed by atoms with Crippen LogP contribution in [0.3, 0.4) is 0 Å². The van der Waals surface area contributed by atoms with E-state index in [1.165, 1.54) is 12.8 Å². The van der Waals surface area contributed by atoms with E-state index >= 15 is 0 Å². The second-order valence-corrected chi connectivity index (χ2v) is 8.83. The summed E-state index contributed by atoms with van der Waals surface area (Å²) in [4.78, 5) is 15.0. The predicted octanol–water partition coefficient (Wildman–Crippen LogP) is 5.96. The van der Waals surface area contributed by atoms with Crippen molar-refractivity contribution in [2.24, 2.45) is 0 Å². The number of nitrogens with one attached hydrogen (secondary N) is 2. The molecule has 1 saturated heterocycles. The summed E-state index contributed by atoms with van der Waals surface area (Å²) in [6.07, 6.45) is 10.1. The van der Waals surface area contributed by atoms with E-state index in [1.54, 1.807) is 6.20 Å². The van der Waals surface area contributed by atoms with Gasteiger partial charge in [0.2, 0.25) is 0 Å². The van der Waals surface area contributed by atoms with Gasteiger partial charge in [-0.15, -0.1) is 0 Å². The molecule has 0 radical (unpaired) electrons. The molecule has 4 aromatic rings. The molecule has 34 heavy (non-hydrogen) atoms. The van der Waals surface area contributed by atoms with E-state index in [2.05, 4.69) is 57.4 Å². The highest BCUT2D eigenvalue weighted by atomic mass is 15.1.